The molecule has 0 aliphatic rings. The first-order valence-electron chi connectivity index (χ1n) is 5.84. The summed E-state index contributed by atoms with van der Waals surface area (Å²) in [4.78, 5) is 4.48. The molecule has 3 nitrogen and oxygen atoms in total. The maximum atomic E-state index is 13.1. The average molecular weight is 320 g/mol. The van der Waals surface area contributed by atoms with Crippen LogP contribution in [0.25, 0.3) is 5.65 Å². The van der Waals surface area contributed by atoms with E-state index >= 15 is 0 Å². The first-order valence-corrected chi connectivity index (χ1v) is 6.63. The molecule has 0 amide bonds. The van der Waals surface area contributed by atoms with Crippen molar-refractivity contribution >= 4 is 27.3 Å². The fourth-order valence-corrected chi connectivity index (χ4v) is 2.25. The first kappa shape index (κ1) is 12.2. The molecule has 3 aromatic rings. The molecule has 3 rings (SSSR count). The lowest BCUT2D eigenvalue weighted by Gasteiger charge is -2.05. The summed E-state index contributed by atoms with van der Waals surface area (Å²) in [7, 11) is 0. The molecule has 2 aromatic heterocycles. The quantitative estimate of drug-likeness (QED) is 0.794. The zero-order valence-corrected chi connectivity index (χ0v) is 11.6. The molecule has 0 saturated heterocycles. The maximum Gasteiger partial charge on any atom is 0.137 e. The monoisotopic (exact) mass is 319 g/mol. The van der Waals surface area contributed by atoms with Gasteiger partial charge in [-0.25, -0.2) is 9.37 Å². The Kier molecular flexibility index (Phi) is 3.21. The smallest absolute Gasteiger partial charge is 0.137 e. The lowest BCUT2D eigenvalue weighted by molar-refractivity contribution is 0.621. The number of aromatic nitrogens is 2. The van der Waals surface area contributed by atoms with Crippen molar-refractivity contribution in [1.82, 2.24) is 9.38 Å². The molecule has 0 aliphatic heterocycles. The maximum absolute atomic E-state index is 13.1. The summed E-state index contributed by atoms with van der Waals surface area (Å²) in [6.07, 6.45) is 3.93. The van der Waals surface area contributed by atoms with E-state index in [1.54, 1.807) is 12.1 Å². The summed E-state index contributed by atoms with van der Waals surface area (Å²) in [6.45, 7) is 0.597. The number of pyridine rings is 1. The van der Waals surface area contributed by atoms with Crippen LogP contribution in [0.1, 0.15) is 5.69 Å². The number of fused-ring (bicyclic) bond motifs is 1. The van der Waals surface area contributed by atoms with Crippen molar-refractivity contribution in [2.24, 2.45) is 0 Å². The second-order valence-corrected chi connectivity index (χ2v) is 5.04. The predicted molar refractivity (Wildman–Crippen MR) is 76.6 cm³/mol. The van der Waals surface area contributed by atoms with Gasteiger partial charge in [0.05, 0.1) is 16.7 Å². The normalized spacial score (nSPS) is 10.8. The molecule has 0 saturated carbocycles. The van der Waals surface area contributed by atoms with E-state index in [4.69, 9.17) is 0 Å². The summed E-state index contributed by atoms with van der Waals surface area (Å²) < 4.78 is 15.5. The van der Waals surface area contributed by atoms with Crippen LogP contribution in [0.2, 0.25) is 0 Å². The third-order valence-electron chi connectivity index (χ3n) is 2.81. The first-order chi connectivity index (χ1) is 9.22. The highest BCUT2D eigenvalue weighted by atomic mass is 79.9. The third kappa shape index (κ3) is 2.61. The van der Waals surface area contributed by atoms with E-state index in [1.807, 2.05) is 35.0 Å². The van der Waals surface area contributed by atoms with Gasteiger partial charge in [-0.1, -0.05) is 6.07 Å². The van der Waals surface area contributed by atoms with Gasteiger partial charge in [0, 0.05) is 18.1 Å². The predicted octanol–water partition coefficient (Wildman–Crippen LogP) is 3.85. The van der Waals surface area contributed by atoms with Crippen molar-refractivity contribution < 1.29 is 4.39 Å². The van der Waals surface area contributed by atoms with Gasteiger partial charge in [0.15, 0.2) is 0 Å². The summed E-state index contributed by atoms with van der Waals surface area (Å²) in [5.74, 6) is -0.265. The van der Waals surface area contributed by atoms with Crippen LogP contribution < -0.4 is 5.32 Å². The van der Waals surface area contributed by atoms with E-state index in [0.717, 1.165) is 17.0 Å². The Bertz CT molecular complexity index is 691. The zero-order valence-electron chi connectivity index (χ0n) is 9.98. The fourth-order valence-electron chi connectivity index (χ4n) is 1.87. The van der Waals surface area contributed by atoms with Crippen molar-refractivity contribution in [2.75, 3.05) is 5.32 Å². The summed E-state index contributed by atoms with van der Waals surface area (Å²) in [5, 5.41) is 3.22. The number of nitrogens with zero attached hydrogens (tertiary/aromatic N) is 2. The van der Waals surface area contributed by atoms with Gasteiger partial charge in [-0.05, 0) is 46.3 Å². The van der Waals surface area contributed by atoms with Crippen molar-refractivity contribution in [3.8, 4) is 0 Å². The fraction of sp³-hybridized carbons (Fsp3) is 0.0714. The molecule has 5 heteroatoms. The number of anilines is 1. The van der Waals surface area contributed by atoms with Crippen LogP contribution in [0.4, 0.5) is 10.1 Å². The lowest BCUT2D eigenvalue weighted by Crippen LogP contribution is -1.99. The summed E-state index contributed by atoms with van der Waals surface area (Å²) >= 11 is 3.17. The van der Waals surface area contributed by atoms with Gasteiger partial charge in [-0.2, -0.15) is 0 Å². The molecule has 19 heavy (non-hydrogen) atoms. The molecule has 0 unspecified atom stereocenters. The minimum Gasteiger partial charge on any atom is -0.379 e. The number of rotatable bonds is 3. The van der Waals surface area contributed by atoms with E-state index in [0.29, 0.717) is 11.0 Å². The molecule has 1 N–H and O–H groups in total. The highest BCUT2D eigenvalue weighted by Crippen LogP contribution is 2.20. The molecule has 0 radical (unpaired) electrons. The second-order valence-electron chi connectivity index (χ2n) is 4.18. The van der Waals surface area contributed by atoms with E-state index in [1.165, 1.54) is 6.07 Å². The average Bonchev–Trinajstić information content (AvgIpc) is 2.83. The molecule has 0 aliphatic carbocycles. The van der Waals surface area contributed by atoms with Gasteiger partial charge in [0.25, 0.3) is 0 Å². The van der Waals surface area contributed by atoms with Crippen LogP contribution >= 0.6 is 15.9 Å². The number of hydrogen-bond donors (Lipinski definition) is 1. The van der Waals surface area contributed by atoms with Crippen LogP contribution in [0.15, 0.2) is 53.3 Å². The molecule has 2 heterocycles. The Morgan fingerprint density at radius 2 is 2.16 bits per heavy atom. The van der Waals surface area contributed by atoms with Crippen LogP contribution in [0, 0.1) is 5.82 Å². The highest BCUT2D eigenvalue weighted by molar-refractivity contribution is 9.10. The van der Waals surface area contributed by atoms with Crippen molar-refractivity contribution in [2.45, 2.75) is 6.54 Å². The third-order valence-corrected chi connectivity index (χ3v) is 3.41. The molecule has 0 spiro atoms. The highest BCUT2D eigenvalue weighted by Gasteiger charge is 2.03. The van der Waals surface area contributed by atoms with Crippen LogP contribution in [0.3, 0.4) is 0 Å². The SMILES string of the molecule is Fc1ccc(NCc2cn3ccccc3n2)cc1Br. The molecule has 0 bridgehead atoms. The number of halogens is 2. The topological polar surface area (TPSA) is 29.3 Å². The molecule has 1 aromatic carbocycles. The Labute approximate surface area is 118 Å². The Balaban J connectivity index is 1.76. The minimum atomic E-state index is -0.265. The Hall–Kier alpha value is -1.88. The van der Waals surface area contributed by atoms with Crippen molar-refractivity contribution in [3.63, 3.8) is 0 Å². The van der Waals surface area contributed by atoms with Gasteiger partial charge in [0.2, 0.25) is 0 Å². The van der Waals surface area contributed by atoms with E-state index in [9.17, 15) is 4.39 Å². The van der Waals surface area contributed by atoms with E-state index < -0.39 is 0 Å². The number of hydrogen-bond acceptors (Lipinski definition) is 2. The number of nitrogens with one attached hydrogen (secondary N) is 1. The van der Waals surface area contributed by atoms with Crippen LogP contribution in [-0.4, -0.2) is 9.38 Å². The van der Waals surface area contributed by atoms with Crippen molar-refractivity contribution in [3.05, 3.63) is 64.8 Å². The van der Waals surface area contributed by atoms with Gasteiger partial charge in [-0.3, -0.25) is 0 Å². The largest absolute Gasteiger partial charge is 0.379 e. The second kappa shape index (κ2) is 5.01. The molecule has 0 atom stereocenters. The molecular weight excluding hydrogens is 309 g/mol. The Morgan fingerprint density at radius 1 is 1.26 bits per heavy atom. The van der Waals surface area contributed by atoms with E-state index in [-0.39, 0.29) is 5.82 Å². The minimum absolute atomic E-state index is 0.265. The van der Waals surface area contributed by atoms with Gasteiger partial charge in [-0.15, -0.1) is 0 Å². The van der Waals surface area contributed by atoms with Crippen molar-refractivity contribution in [1.29, 1.82) is 0 Å². The number of imidazole rings is 1. The summed E-state index contributed by atoms with van der Waals surface area (Å²) in [6, 6.07) is 10.7. The summed E-state index contributed by atoms with van der Waals surface area (Å²) in [5.41, 5.74) is 2.71. The number of benzene rings is 1. The van der Waals surface area contributed by atoms with Gasteiger partial charge in [0.1, 0.15) is 11.5 Å². The molecular formula is C14H11BrFN3. The zero-order chi connectivity index (χ0) is 13.2. The Morgan fingerprint density at radius 3 is 2.95 bits per heavy atom. The molecule has 96 valence electrons. The van der Waals surface area contributed by atoms with Gasteiger partial charge < -0.3 is 9.72 Å². The van der Waals surface area contributed by atoms with E-state index in [2.05, 4.69) is 26.2 Å². The lowest BCUT2D eigenvalue weighted by atomic mass is 10.3. The van der Waals surface area contributed by atoms with Crippen LogP contribution in [-0.2, 0) is 6.54 Å². The van der Waals surface area contributed by atoms with Crippen LogP contribution in [0.5, 0.6) is 0 Å². The molecule has 0 fully saturated rings. The standard InChI is InChI=1S/C14H11BrFN3/c15-12-7-10(4-5-13(12)16)17-8-11-9-19-6-2-1-3-14(19)18-11/h1-7,9,17H,8H2. The van der Waals surface area contributed by atoms with Gasteiger partial charge >= 0.3 is 0 Å².